The van der Waals surface area contributed by atoms with Crippen molar-refractivity contribution in [2.45, 2.75) is 26.8 Å². The zero-order valence-corrected chi connectivity index (χ0v) is 19.9. The number of aromatic nitrogens is 2. The van der Waals surface area contributed by atoms with Gasteiger partial charge >= 0.3 is 12.3 Å². The van der Waals surface area contributed by atoms with Crippen LogP contribution in [-0.4, -0.2) is 28.4 Å². The molecule has 0 unspecified atom stereocenters. The Morgan fingerprint density at radius 3 is 2.46 bits per heavy atom. The first-order valence-corrected chi connectivity index (χ1v) is 10.8. The maximum absolute atomic E-state index is 13.4. The SMILES string of the molecule is CCOC(=O)OCn1ncc(NC(=O)c2cc(Cl)c(C(F)(F)F)cc2Oc2ccc(F)cc2C)cc1=O. The normalized spacial score (nSPS) is 11.1. The number of hydrogen-bond acceptors (Lipinski definition) is 7. The predicted octanol–water partition coefficient (Wildman–Crippen LogP) is 5.54. The molecule has 0 aliphatic heterocycles. The van der Waals surface area contributed by atoms with Crippen molar-refractivity contribution < 1.29 is 41.4 Å². The number of nitrogens with one attached hydrogen (secondary N) is 1. The molecular weight excluding hydrogens is 526 g/mol. The van der Waals surface area contributed by atoms with Gasteiger partial charge in [-0.15, -0.1) is 0 Å². The first-order chi connectivity index (χ1) is 17.4. The number of benzene rings is 2. The van der Waals surface area contributed by atoms with Gasteiger partial charge in [0.05, 0.1) is 34.6 Å². The number of amides is 1. The predicted molar refractivity (Wildman–Crippen MR) is 122 cm³/mol. The number of rotatable bonds is 7. The Bertz CT molecular complexity index is 1390. The molecule has 0 saturated heterocycles. The van der Waals surface area contributed by atoms with Crippen LogP contribution in [0.15, 0.2) is 47.4 Å². The van der Waals surface area contributed by atoms with E-state index in [-0.39, 0.29) is 23.6 Å². The number of alkyl halides is 3. The average Bonchev–Trinajstić information content (AvgIpc) is 2.80. The van der Waals surface area contributed by atoms with Crippen LogP contribution in [0.4, 0.5) is 28.0 Å². The topological polar surface area (TPSA) is 109 Å². The molecule has 0 fully saturated rings. The summed E-state index contributed by atoms with van der Waals surface area (Å²) in [4.78, 5) is 36.4. The third-order valence-corrected chi connectivity index (χ3v) is 4.98. The highest BCUT2D eigenvalue weighted by Crippen LogP contribution is 2.40. The van der Waals surface area contributed by atoms with E-state index in [2.05, 4.69) is 19.9 Å². The molecule has 3 aromatic rings. The highest BCUT2D eigenvalue weighted by Gasteiger charge is 2.35. The quantitative estimate of drug-likeness (QED) is 0.308. The molecule has 0 radical (unpaired) electrons. The molecule has 1 N–H and O–H groups in total. The van der Waals surface area contributed by atoms with E-state index in [0.29, 0.717) is 6.07 Å². The lowest BCUT2D eigenvalue weighted by Crippen LogP contribution is -2.26. The monoisotopic (exact) mass is 543 g/mol. The molecule has 1 aromatic heterocycles. The smallest absolute Gasteiger partial charge is 0.456 e. The van der Waals surface area contributed by atoms with Crippen molar-refractivity contribution in [2.24, 2.45) is 0 Å². The van der Waals surface area contributed by atoms with Gasteiger partial charge in [-0.1, -0.05) is 11.6 Å². The molecule has 0 aliphatic rings. The molecule has 37 heavy (non-hydrogen) atoms. The van der Waals surface area contributed by atoms with Crippen LogP contribution in [0.5, 0.6) is 11.5 Å². The van der Waals surface area contributed by atoms with Gasteiger partial charge in [0.15, 0.2) is 6.73 Å². The molecule has 0 saturated carbocycles. The van der Waals surface area contributed by atoms with E-state index < -0.39 is 58.2 Å². The van der Waals surface area contributed by atoms with Crippen molar-refractivity contribution >= 4 is 29.4 Å². The van der Waals surface area contributed by atoms with Gasteiger partial charge < -0.3 is 19.5 Å². The van der Waals surface area contributed by atoms with Crippen LogP contribution in [0.2, 0.25) is 5.02 Å². The van der Waals surface area contributed by atoms with Crippen LogP contribution in [0.1, 0.15) is 28.4 Å². The molecule has 0 spiro atoms. The van der Waals surface area contributed by atoms with Crippen LogP contribution in [0.3, 0.4) is 0 Å². The summed E-state index contributed by atoms with van der Waals surface area (Å²) in [5.74, 6) is -2.10. The highest BCUT2D eigenvalue weighted by molar-refractivity contribution is 6.32. The number of halogens is 5. The molecule has 0 atom stereocenters. The highest BCUT2D eigenvalue weighted by atomic mass is 35.5. The van der Waals surface area contributed by atoms with Crippen LogP contribution >= 0.6 is 11.6 Å². The lowest BCUT2D eigenvalue weighted by Gasteiger charge is -2.17. The molecule has 2 aromatic carbocycles. The summed E-state index contributed by atoms with van der Waals surface area (Å²) in [5, 5.41) is 5.29. The largest absolute Gasteiger partial charge is 0.510 e. The lowest BCUT2D eigenvalue weighted by atomic mass is 10.1. The lowest BCUT2D eigenvalue weighted by molar-refractivity contribution is -0.137. The molecular formula is C23H18ClF4N3O6. The summed E-state index contributed by atoms with van der Waals surface area (Å²) >= 11 is 5.79. The summed E-state index contributed by atoms with van der Waals surface area (Å²) in [5.41, 5.74) is -2.30. The third-order valence-electron chi connectivity index (χ3n) is 4.67. The van der Waals surface area contributed by atoms with E-state index in [1.54, 1.807) is 6.92 Å². The average molecular weight is 544 g/mol. The van der Waals surface area contributed by atoms with Gasteiger partial charge in [-0.3, -0.25) is 9.59 Å². The van der Waals surface area contributed by atoms with Gasteiger partial charge in [-0.25, -0.2) is 9.18 Å². The van der Waals surface area contributed by atoms with Gasteiger partial charge in [0.2, 0.25) is 0 Å². The Morgan fingerprint density at radius 2 is 1.84 bits per heavy atom. The number of ether oxygens (including phenoxy) is 3. The Morgan fingerprint density at radius 1 is 1.11 bits per heavy atom. The number of anilines is 1. The number of nitrogens with zero attached hydrogens (tertiary/aromatic N) is 2. The summed E-state index contributed by atoms with van der Waals surface area (Å²) in [6.07, 6.45) is -4.83. The minimum absolute atomic E-state index is 0.00300. The fourth-order valence-electron chi connectivity index (χ4n) is 2.95. The van der Waals surface area contributed by atoms with Gasteiger partial charge in [-0.05, 0) is 49.7 Å². The second-order valence-corrected chi connectivity index (χ2v) is 7.74. The molecule has 9 nitrogen and oxygen atoms in total. The maximum Gasteiger partial charge on any atom is 0.510 e. The van der Waals surface area contributed by atoms with Gasteiger partial charge in [0.25, 0.3) is 11.5 Å². The van der Waals surface area contributed by atoms with Crippen LogP contribution in [0.25, 0.3) is 0 Å². The van der Waals surface area contributed by atoms with Crippen LogP contribution in [-0.2, 0) is 22.4 Å². The molecule has 14 heteroatoms. The Hall–Kier alpha value is -4.13. The number of hydrogen-bond donors (Lipinski definition) is 1. The van der Waals surface area contributed by atoms with E-state index >= 15 is 0 Å². The molecule has 1 heterocycles. The Labute approximate surface area is 211 Å². The van der Waals surface area contributed by atoms with E-state index in [1.165, 1.54) is 13.0 Å². The zero-order chi connectivity index (χ0) is 27.3. The zero-order valence-electron chi connectivity index (χ0n) is 19.2. The number of carbonyl (C=O) groups excluding carboxylic acids is 2. The van der Waals surface area contributed by atoms with Gasteiger partial charge in [0, 0.05) is 6.07 Å². The first-order valence-electron chi connectivity index (χ1n) is 10.4. The van der Waals surface area contributed by atoms with Crippen molar-refractivity contribution in [3.63, 3.8) is 0 Å². The molecule has 0 bridgehead atoms. The summed E-state index contributed by atoms with van der Waals surface area (Å²) < 4.78 is 69.3. The molecule has 1 amide bonds. The molecule has 196 valence electrons. The second-order valence-electron chi connectivity index (χ2n) is 7.33. The second kappa shape index (κ2) is 11.3. The van der Waals surface area contributed by atoms with Crippen molar-refractivity contribution in [1.29, 1.82) is 0 Å². The van der Waals surface area contributed by atoms with Gasteiger partial charge in [0.1, 0.15) is 17.3 Å². The van der Waals surface area contributed by atoms with Crippen molar-refractivity contribution in [3.8, 4) is 11.5 Å². The Kier molecular flexibility index (Phi) is 8.38. The third kappa shape index (κ3) is 6.97. The van der Waals surface area contributed by atoms with E-state index in [4.69, 9.17) is 16.3 Å². The van der Waals surface area contributed by atoms with Crippen LogP contribution < -0.4 is 15.6 Å². The molecule has 3 rings (SSSR count). The minimum atomic E-state index is -4.86. The van der Waals surface area contributed by atoms with Gasteiger partial charge in [-0.2, -0.15) is 23.0 Å². The van der Waals surface area contributed by atoms with E-state index in [1.807, 2.05) is 0 Å². The van der Waals surface area contributed by atoms with Crippen molar-refractivity contribution in [3.05, 3.63) is 80.5 Å². The first kappa shape index (κ1) is 27.5. The minimum Gasteiger partial charge on any atom is -0.456 e. The summed E-state index contributed by atoms with van der Waals surface area (Å²) in [6, 6.07) is 5.57. The van der Waals surface area contributed by atoms with Crippen LogP contribution in [0, 0.1) is 12.7 Å². The fourth-order valence-corrected chi connectivity index (χ4v) is 3.22. The van der Waals surface area contributed by atoms with Crippen molar-refractivity contribution in [1.82, 2.24) is 9.78 Å². The number of aryl methyl sites for hydroxylation is 1. The number of carbonyl (C=O) groups is 2. The molecule has 0 aliphatic carbocycles. The maximum atomic E-state index is 13.4. The standard InChI is InChI=1S/C23H18ClF4N3O6/c1-3-35-22(34)36-11-31-20(32)7-14(10-29-31)30-21(33)15-8-17(24)16(23(26,27)28)9-19(15)37-18-5-4-13(25)6-12(18)2/h4-10H,3,11H2,1-2H3,(H,30,33). The van der Waals surface area contributed by atoms with Crippen molar-refractivity contribution in [2.75, 3.05) is 11.9 Å². The van der Waals surface area contributed by atoms with E-state index in [9.17, 15) is 31.9 Å². The van der Waals surface area contributed by atoms with E-state index in [0.717, 1.165) is 35.1 Å². The fraction of sp³-hybridized carbons (Fsp3) is 0.217. The Balaban J connectivity index is 1.91. The summed E-state index contributed by atoms with van der Waals surface area (Å²) in [6.45, 7) is 2.53. The summed E-state index contributed by atoms with van der Waals surface area (Å²) in [7, 11) is 0.